The van der Waals surface area contributed by atoms with Crippen molar-refractivity contribution in [3.05, 3.63) is 35.7 Å². The maximum absolute atomic E-state index is 5.58. The zero-order valence-corrected chi connectivity index (χ0v) is 9.11. The average molecular weight is 203 g/mol. The van der Waals surface area contributed by atoms with Gasteiger partial charge in [-0.05, 0) is 25.5 Å². The summed E-state index contributed by atoms with van der Waals surface area (Å²) in [5.74, 6) is 0. The number of nitrogens with two attached hydrogens (primary N) is 1. The molecule has 0 saturated heterocycles. The molecule has 0 spiro atoms. The molecule has 3 nitrogen and oxygen atoms in total. The highest BCUT2D eigenvalue weighted by Gasteiger charge is 2.10. The molecular formula is C12H17N3. The van der Waals surface area contributed by atoms with Crippen molar-refractivity contribution in [2.24, 2.45) is 5.73 Å². The zero-order valence-electron chi connectivity index (χ0n) is 9.11. The van der Waals surface area contributed by atoms with E-state index in [-0.39, 0.29) is 0 Å². The van der Waals surface area contributed by atoms with Crippen LogP contribution in [-0.2, 0) is 6.54 Å². The normalized spacial score (nSPS) is 16.4. The fourth-order valence-electron chi connectivity index (χ4n) is 1.78. The van der Waals surface area contributed by atoms with E-state index in [2.05, 4.69) is 29.0 Å². The summed E-state index contributed by atoms with van der Waals surface area (Å²) in [6.07, 6.45) is 5.27. The Morgan fingerprint density at radius 1 is 1.53 bits per heavy atom. The molecule has 0 atom stereocenters. The highest BCUT2D eigenvalue weighted by Crippen LogP contribution is 2.19. The number of aromatic nitrogens is 1. The van der Waals surface area contributed by atoms with Gasteiger partial charge in [-0.25, -0.2) is 0 Å². The predicted molar refractivity (Wildman–Crippen MR) is 62.7 cm³/mol. The Labute approximate surface area is 90.6 Å². The predicted octanol–water partition coefficient (Wildman–Crippen LogP) is 1.70. The van der Waals surface area contributed by atoms with Crippen LogP contribution in [0.5, 0.6) is 0 Å². The second-order valence-electron chi connectivity index (χ2n) is 3.96. The molecule has 0 saturated carbocycles. The third-order valence-corrected chi connectivity index (χ3v) is 2.81. The molecule has 0 aromatic carbocycles. The number of anilines is 1. The summed E-state index contributed by atoms with van der Waals surface area (Å²) in [5, 5.41) is 0. The molecule has 3 heteroatoms. The van der Waals surface area contributed by atoms with Crippen LogP contribution in [-0.4, -0.2) is 18.1 Å². The van der Waals surface area contributed by atoms with Crippen LogP contribution in [0.1, 0.15) is 19.0 Å². The lowest BCUT2D eigenvalue weighted by atomic mass is 10.1. The van der Waals surface area contributed by atoms with Crippen LogP contribution >= 0.6 is 0 Å². The summed E-state index contributed by atoms with van der Waals surface area (Å²) in [7, 11) is 0. The third kappa shape index (κ3) is 2.36. The molecule has 1 aliphatic rings. The van der Waals surface area contributed by atoms with Gasteiger partial charge in [0.1, 0.15) is 0 Å². The fourth-order valence-corrected chi connectivity index (χ4v) is 1.78. The van der Waals surface area contributed by atoms with E-state index >= 15 is 0 Å². The van der Waals surface area contributed by atoms with Gasteiger partial charge in [-0.2, -0.15) is 0 Å². The minimum Gasteiger partial charge on any atom is -0.367 e. The van der Waals surface area contributed by atoms with E-state index < -0.39 is 0 Å². The van der Waals surface area contributed by atoms with Gasteiger partial charge in [0.25, 0.3) is 0 Å². The molecule has 1 aromatic rings. The summed E-state index contributed by atoms with van der Waals surface area (Å²) in [4.78, 5) is 6.56. The van der Waals surface area contributed by atoms with Crippen LogP contribution in [0, 0.1) is 0 Å². The fraction of sp³-hybridized carbons (Fsp3) is 0.417. The Morgan fingerprint density at radius 3 is 3.07 bits per heavy atom. The van der Waals surface area contributed by atoms with Gasteiger partial charge in [0.15, 0.2) is 0 Å². The third-order valence-electron chi connectivity index (χ3n) is 2.81. The van der Waals surface area contributed by atoms with Gasteiger partial charge in [-0.15, -0.1) is 0 Å². The second kappa shape index (κ2) is 4.45. The Kier molecular flexibility index (Phi) is 3.02. The molecule has 2 rings (SSSR count). The molecule has 80 valence electrons. The molecule has 0 aliphatic carbocycles. The van der Waals surface area contributed by atoms with Gasteiger partial charge >= 0.3 is 0 Å². The van der Waals surface area contributed by atoms with Gasteiger partial charge < -0.3 is 10.6 Å². The molecule has 2 heterocycles. The molecule has 0 unspecified atom stereocenters. The number of hydrogen-bond acceptors (Lipinski definition) is 3. The quantitative estimate of drug-likeness (QED) is 0.744. The van der Waals surface area contributed by atoms with Crippen LogP contribution < -0.4 is 10.6 Å². The lowest BCUT2D eigenvalue weighted by molar-refractivity contribution is 0.785. The molecule has 2 N–H and O–H groups in total. The van der Waals surface area contributed by atoms with E-state index in [0.717, 1.165) is 25.2 Å². The first-order valence-electron chi connectivity index (χ1n) is 5.35. The molecule has 0 fully saturated rings. The zero-order chi connectivity index (χ0) is 10.7. The Morgan fingerprint density at radius 2 is 2.40 bits per heavy atom. The van der Waals surface area contributed by atoms with Crippen molar-refractivity contribution in [3.63, 3.8) is 0 Å². The molecule has 15 heavy (non-hydrogen) atoms. The van der Waals surface area contributed by atoms with E-state index in [0.29, 0.717) is 6.54 Å². The Balaban J connectivity index is 2.16. The standard InChI is InChI=1S/C12H17N3/c1-10-3-6-15(7-4-10)12-2-5-14-11(8-12)9-13/h2-3,5,8H,4,6-7,9,13H2,1H3. The van der Waals surface area contributed by atoms with E-state index in [9.17, 15) is 0 Å². The molecule has 1 aliphatic heterocycles. The summed E-state index contributed by atoms with van der Waals surface area (Å²) in [6, 6.07) is 4.13. The van der Waals surface area contributed by atoms with Gasteiger partial charge in [0.05, 0.1) is 5.69 Å². The maximum Gasteiger partial charge on any atom is 0.0560 e. The first-order valence-corrected chi connectivity index (χ1v) is 5.35. The largest absolute Gasteiger partial charge is 0.367 e. The molecule has 1 aromatic heterocycles. The topological polar surface area (TPSA) is 42.2 Å². The summed E-state index contributed by atoms with van der Waals surface area (Å²) < 4.78 is 0. The molecule has 0 bridgehead atoms. The van der Waals surface area contributed by atoms with Crippen molar-refractivity contribution >= 4 is 5.69 Å². The minimum absolute atomic E-state index is 0.510. The SMILES string of the molecule is CC1=CCN(c2ccnc(CN)c2)CC1. The van der Waals surface area contributed by atoms with Crippen LogP contribution in [0.15, 0.2) is 30.0 Å². The minimum atomic E-state index is 0.510. The van der Waals surface area contributed by atoms with E-state index in [4.69, 9.17) is 5.73 Å². The summed E-state index contributed by atoms with van der Waals surface area (Å²) >= 11 is 0. The van der Waals surface area contributed by atoms with E-state index in [1.54, 1.807) is 0 Å². The smallest absolute Gasteiger partial charge is 0.0560 e. The van der Waals surface area contributed by atoms with Crippen molar-refractivity contribution < 1.29 is 0 Å². The number of nitrogens with zero attached hydrogens (tertiary/aromatic N) is 2. The van der Waals surface area contributed by atoms with Crippen LogP contribution in [0.4, 0.5) is 5.69 Å². The van der Waals surface area contributed by atoms with Crippen LogP contribution in [0.3, 0.4) is 0 Å². The van der Waals surface area contributed by atoms with Crippen molar-refractivity contribution in [1.29, 1.82) is 0 Å². The van der Waals surface area contributed by atoms with E-state index in [1.807, 2.05) is 12.3 Å². The van der Waals surface area contributed by atoms with E-state index in [1.165, 1.54) is 11.3 Å². The van der Waals surface area contributed by atoms with Crippen molar-refractivity contribution in [3.8, 4) is 0 Å². The van der Waals surface area contributed by atoms with Gasteiger partial charge in [0, 0.05) is 31.5 Å². The number of hydrogen-bond donors (Lipinski definition) is 1. The monoisotopic (exact) mass is 203 g/mol. The molecule has 0 amide bonds. The highest BCUT2D eigenvalue weighted by atomic mass is 15.1. The second-order valence-corrected chi connectivity index (χ2v) is 3.96. The van der Waals surface area contributed by atoms with Crippen molar-refractivity contribution in [2.45, 2.75) is 19.9 Å². The first kappa shape index (κ1) is 10.2. The lowest BCUT2D eigenvalue weighted by Gasteiger charge is -2.27. The average Bonchev–Trinajstić information content (AvgIpc) is 2.30. The number of rotatable bonds is 2. The molecule has 0 radical (unpaired) electrons. The van der Waals surface area contributed by atoms with Crippen molar-refractivity contribution in [2.75, 3.05) is 18.0 Å². The maximum atomic E-state index is 5.58. The molecular weight excluding hydrogens is 186 g/mol. The van der Waals surface area contributed by atoms with Gasteiger partial charge in [0.2, 0.25) is 0 Å². The summed E-state index contributed by atoms with van der Waals surface area (Å²) in [5.41, 5.74) is 9.25. The Bertz CT molecular complexity index is 371. The van der Waals surface area contributed by atoms with Crippen LogP contribution in [0.25, 0.3) is 0 Å². The van der Waals surface area contributed by atoms with Gasteiger partial charge in [-0.1, -0.05) is 11.6 Å². The Hall–Kier alpha value is -1.35. The van der Waals surface area contributed by atoms with Crippen molar-refractivity contribution in [1.82, 2.24) is 4.98 Å². The van der Waals surface area contributed by atoms with Gasteiger partial charge in [-0.3, -0.25) is 4.98 Å². The first-order chi connectivity index (χ1) is 7.29. The number of pyridine rings is 1. The highest BCUT2D eigenvalue weighted by molar-refractivity contribution is 5.48. The van der Waals surface area contributed by atoms with Crippen LogP contribution in [0.2, 0.25) is 0 Å². The summed E-state index contributed by atoms with van der Waals surface area (Å²) in [6.45, 7) is 4.79. The lowest BCUT2D eigenvalue weighted by Crippen LogP contribution is -2.28.